The maximum Gasteiger partial charge on any atom is 0.182 e. The molecular formula is C15H16FNO2S. The van der Waals surface area contributed by atoms with E-state index in [-0.39, 0.29) is 10.6 Å². The quantitative estimate of drug-likeness (QED) is 0.885. The van der Waals surface area contributed by atoms with Crippen molar-refractivity contribution in [3.63, 3.8) is 0 Å². The third kappa shape index (κ3) is 2.99. The zero-order chi connectivity index (χ0) is 14.9. The Morgan fingerprint density at radius 3 is 2.40 bits per heavy atom. The molecule has 0 aliphatic heterocycles. The molecule has 0 radical (unpaired) electrons. The van der Waals surface area contributed by atoms with Crippen LogP contribution in [0.5, 0.6) is 0 Å². The van der Waals surface area contributed by atoms with Crippen molar-refractivity contribution in [1.29, 1.82) is 0 Å². The number of anilines is 1. The Hall–Kier alpha value is -1.88. The van der Waals surface area contributed by atoms with Gasteiger partial charge in [-0.15, -0.1) is 0 Å². The Kier molecular flexibility index (Phi) is 3.81. The van der Waals surface area contributed by atoms with Crippen LogP contribution < -0.4 is 5.73 Å². The number of aryl methyl sites for hydroxylation is 2. The molecule has 0 fully saturated rings. The van der Waals surface area contributed by atoms with Gasteiger partial charge in [-0.05, 0) is 60.9 Å². The average molecular weight is 293 g/mol. The van der Waals surface area contributed by atoms with E-state index in [9.17, 15) is 12.8 Å². The lowest BCUT2D eigenvalue weighted by molar-refractivity contribution is 0.594. The molecule has 5 heteroatoms. The highest BCUT2D eigenvalue weighted by Gasteiger charge is 2.17. The Labute approximate surface area is 118 Å². The molecule has 2 rings (SSSR count). The maximum absolute atomic E-state index is 13.2. The molecule has 0 saturated carbocycles. The van der Waals surface area contributed by atoms with Crippen molar-refractivity contribution >= 4 is 15.5 Å². The normalized spacial score (nSPS) is 11.6. The topological polar surface area (TPSA) is 60.2 Å². The van der Waals surface area contributed by atoms with Crippen LogP contribution in [0.15, 0.2) is 41.3 Å². The van der Waals surface area contributed by atoms with Crippen molar-refractivity contribution in [3.8, 4) is 0 Å². The molecule has 106 valence electrons. The van der Waals surface area contributed by atoms with Crippen LogP contribution in [-0.4, -0.2) is 8.42 Å². The van der Waals surface area contributed by atoms with Gasteiger partial charge in [0.25, 0.3) is 0 Å². The SMILES string of the molecule is Cc1cc(S(=O)(=O)Cc2cc(F)ccc2C)ccc1N. The first-order valence-electron chi connectivity index (χ1n) is 6.13. The van der Waals surface area contributed by atoms with Crippen molar-refractivity contribution < 1.29 is 12.8 Å². The van der Waals surface area contributed by atoms with Crippen molar-refractivity contribution in [2.75, 3.05) is 5.73 Å². The van der Waals surface area contributed by atoms with Gasteiger partial charge in [-0.1, -0.05) is 6.07 Å². The van der Waals surface area contributed by atoms with Crippen LogP contribution in [0.2, 0.25) is 0 Å². The van der Waals surface area contributed by atoms with Crippen LogP contribution in [0.25, 0.3) is 0 Å². The molecule has 2 aromatic rings. The summed E-state index contributed by atoms with van der Waals surface area (Å²) < 4.78 is 38.0. The molecule has 0 saturated heterocycles. The van der Waals surface area contributed by atoms with Gasteiger partial charge in [0.2, 0.25) is 0 Å². The molecule has 0 bridgehead atoms. The van der Waals surface area contributed by atoms with E-state index >= 15 is 0 Å². The number of rotatable bonds is 3. The van der Waals surface area contributed by atoms with Gasteiger partial charge < -0.3 is 5.73 Å². The molecule has 20 heavy (non-hydrogen) atoms. The molecule has 0 spiro atoms. The molecule has 0 heterocycles. The Morgan fingerprint density at radius 1 is 1.05 bits per heavy atom. The zero-order valence-corrected chi connectivity index (χ0v) is 12.2. The standard InChI is InChI=1S/C15H16FNO2S/c1-10-3-4-13(16)8-12(10)9-20(18,19)14-5-6-15(17)11(2)7-14/h3-8H,9,17H2,1-2H3. The Balaban J connectivity index is 2.40. The second kappa shape index (κ2) is 5.25. The summed E-state index contributed by atoms with van der Waals surface area (Å²) in [6.07, 6.45) is 0. The first-order chi connectivity index (χ1) is 9.29. The summed E-state index contributed by atoms with van der Waals surface area (Å²) >= 11 is 0. The third-order valence-electron chi connectivity index (χ3n) is 3.26. The fraction of sp³-hybridized carbons (Fsp3) is 0.200. The highest BCUT2D eigenvalue weighted by atomic mass is 32.2. The van der Waals surface area contributed by atoms with Crippen molar-refractivity contribution in [2.24, 2.45) is 0 Å². The molecule has 2 N–H and O–H groups in total. The smallest absolute Gasteiger partial charge is 0.182 e. The number of nitrogens with two attached hydrogens (primary N) is 1. The Bertz CT molecular complexity index is 754. The second-order valence-electron chi connectivity index (χ2n) is 4.85. The summed E-state index contributed by atoms with van der Waals surface area (Å²) in [6, 6.07) is 8.75. The van der Waals surface area contributed by atoms with Gasteiger partial charge >= 0.3 is 0 Å². The molecule has 3 nitrogen and oxygen atoms in total. The summed E-state index contributed by atoms with van der Waals surface area (Å²) in [4.78, 5) is 0.202. The van der Waals surface area contributed by atoms with Gasteiger partial charge in [0.05, 0.1) is 10.6 Å². The average Bonchev–Trinajstić information content (AvgIpc) is 2.36. The molecular weight excluding hydrogens is 277 g/mol. The van der Waals surface area contributed by atoms with Crippen LogP contribution in [-0.2, 0) is 15.6 Å². The molecule has 0 aliphatic carbocycles. The number of hydrogen-bond acceptors (Lipinski definition) is 3. The molecule has 0 aromatic heterocycles. The molecule has 0 aliphatic rings. The largest absolute Gasteiger partial charge is 0.399 e. The highest BCUT2D eigenvalue weighted by Crippen LogP contribution is 2.22. The molecule has 2 aromatic carbocycles. The van der Waals surface area contributed by atoms with Crippen molar-refractivity contribution in [1.82, 2.24) is 0 Å². The van der Waals surface area contributed by atoms with E-state index in [1.165, 1.54) is 18.2 Å². The highest BCUT2D eigenvalue weighted by molar-refractivity contribution is 7.90. The lowest BCUT2D eigenvalue weighted by Gasteiger charge is -2.09. The van der Waals surface area contributed by atoms with Gasteiger partial charge in [0.1, 0.15) is 5.82 Å². The third-order valence-corrected chi connectivity index (χ3v) is 4.92. The summed E-state index contributed by atoms with van der Waals surface area (Å²) in [5.41, 5.74) is 8.17. The zero-order valence-electron chi connectivity index (χ0n) is 11.4. The number of halogens is 1. The second-order valence-corrected chi connectivity index (χ2v) is 6.84. The predicted molar refractivity (Wildman–Crippen MR) is 77.6 cm³/mol. The van der Waals surface area contributed by atoms with E-state index in [2.05, 4.69) is 0 Å². The fourth-order valence-corrected chi connectivity index (χ4v) is 3.44. The summed E-state index contributed by atoms with van der Waals surface area (Å²) in [6.45, 7) is 3.51. The van der Waals surface area contributed by atoms with Crippen LogP contribution in [0, 0.1) is 19.7 Å². The summed E-state index contributed by atoms with van der Waals surface area (Å²) in [5.74, 6) is -0.658. The minimum atomic E-state index is -3.51. The van der Waals surface area contributed by atoms with Gasteiger partial charge in [0, 0.05) is 5.69 Å². The lowest BCUT2D eigenvalue weighted by Crippen LogP contribution is -2.07. The lowest BCUT2D eigenvalue weighted by atomic mass is 10.1. The van der Waals surface area contributed by atoms with Crippen LogP contribution in [0.4, 0.5) is 10.1 Å². The number of benzene rings is 2. The van der Waals surface area contributed by atoms with E-state index in [4.69, 9.17) is 5.73 Å². The first-order valence-corrected chi connectivity index (χ1v) is 7.79. The molecule has 0 amide bonds. The predicted octanol–water partition coefficient (Wildman–Crippen LogP) is 3.00. The van der Waals surface area contributed by atoms with Gasteiger partial charge in [-0.25, -0.2) is 12.8 Å². The summed E-state index contributed by atoms with van der Waals surface area (Å²) in [7, 11) is -3.51. The van der Waals surface area contributed by atoms with Gasteiger partial charge in [-0.3, -0.25) is 0 Å². The van der Waals surface area contributed by atoms with Gasteiger partial charge in [-0.2, -0.15) is 0 Å². The fourth-order valence-electron chi connectivity index (χ4n) is 1.93. The minimum absolute atomic E-state index is 0.202. The number of hydrogen-bond donors (Lipinski definition) is 1. The monoisotopic (exact) mass is 293 g/mol. The first kappa shape index (κ1) is 14.5. The van der Waals surface area contributed by atoms with E-state index in [1.807, 2.05) is 0 Å². The van der Waals surface area contributed by atoms with Crippen LogP contribution >= 0.6 is 0 Å². The minimum Gasteiger partial charge on any atom is -0.399 e. The number of nitrogen functional groups attached to an aromatic ring is 1. The Morgan fingerprint density at radius 2 is 1.75 bits per heavy atom. The summed E-state index contributed by atoms with van der Waals surface area (Å²) in [5, 5.41) is 0. The molecule has 0 unspecified atom stereocenters. The van der Waals surface area contributed by atoms with Crippen molar-refractivity contribution in [3.05, 3.63) is 58.9 Å². The van der Waals surface area contributed by atoms with Gasteiger partial charge in [0.15, 0.2) is 9.84 Å². The number of sulfone groups is 1. The maximum atomic E-state index is 13.2. The molecule has 0 atom stereocenters. The van der Waals surface area contributed by atoms with Crippen LogP contribution in [0.1, 0.15) is 16.7 Å². The van der Waals surface area contributed by atoms with Crippen LogP contribution in [0.3, 0.4) is 0 Å². The van der Waals surface area contributed by atoms with E-state index in [1.54, 1.807) is 32.0 Å². The van der Waals surface area contributed by atoms with E-state index in [0.29, 0.717) is 16.8 Å². The van der Waals surface area contributed by atoms with E-state index in [0.717, 1.165) is 5.56 Å². The van der Waals surface area contributed by atoms with Crippen molar-refractivity contribution in [2.45, 2.75) is 24.5 Å². The van der Waals surface area contributed by atoms with E-state index < -0.39 is 15.7 Å².